The number of carbonyl (C=O) groups is 2. The number of hydrogen-bond donors (Lipinski definition) is 0. The molecule has 1 aromatic heterocycles. The van der Waals surface area contributed by atoms with E-state index >= 15 is 0 Å². The maximum Gasteiger partial charge on any atom is 0.342 e. The van der Waals surface area contributed by atoms with Crippen molar-refractivity contribution in [2.75, 3.05) is 7.11 Å². The van der Waals surface area contributed by atoms with E-state index in [0.29, 0.717) is 23.4 Å². The Morgan fingerprint density at radius 2 is 1.61 bits per heavy atom. The van der Waals surface area contributed by atoms with E-state index in [1.807, 2.05) is 41.9 Å². The fraction of sp³-hybridized carbons (Fsp3) is 0.227. The molecule has 0 N–H and O–H groups in total. The Morgan fingerprint density at radius 1 is 0.929 bits per heavy atom. The van der Waals surface area contributed by atoms with Crippen molar-refractivity contribution in [1.29, 1.82) is 0 Å². The second kappa shape index (κ2) is 8.52. The molecule has 3 aromatic rings. The molecule has 0 radical (unpaired) electrons. The van der Waals surface area contributed by atoms with Gasteiger partial charge in [0.1, 0.15) is 12.2 Å². The predicted octanol–water partition coefficient (Wildman–Crippen LogP) is 3.69. The highest BCUT2D eigenvalue weighted by molar-refractivity contribution is 5.92. The minimum Gasteiger partial charge on any atom is -0.465 e. The number of nitrogens with zero attached hydrogens (tertiary/aromatic N) is 2. The van der Waals surface area contributed by atoms with Crippen LogP contribution in [0.25, 0.3) is 0 Å². The number of hydrogen-bond acceptors (Lipinski definition) is 5. The van der Waals surface area contributed by atoms with Crippen molar-refractivity contribution in [3.8, 4) is 0 Å². The molecule has 0 aliphatic rings. The van der Waals surface area contributed by atoms with E-state index < -0.39 is 11.9 Å². The molecule has 144 valence electrons. The lowest BCUT2D eigenvalue weighted by molar-refractivity contribution is 0.0469. The molecule has 0 aliphatic carbocycles. The van der Waals surface area contributed by atoms with E-state index in [2.05, 4.69) is 9.84 Å². The molecule has 1 heterocycles. The smallest absolute Gasteiger partial charge is 0.342 e. The molecule has 0 unspecified atom stereocenters. The van der Waals surface area contributed by atoms with Crippen molar-refractivity contribution in [1.82, 2.24) is 9.78 Å². The summed E-state index contributed by atoms with van der Waals surface area (Å²) in [7, 11) is 1.33. The van der Waals surface area contributed by atoms with E-state index in [9.17, 15) is 9.59 Å². The van der Waals surface area contributed by atoms with Crippen molar-refractivity contribution in [3.63, 3.8) is 0 Å². The minimum absolute atomic E-state index is 0.114. The number of rotatable bonds is 6. The van der Waals surface area contributed by atoms with Crippen molar-refractivity contribution >= 4 is 11.9 Å². The number of benzene rings is 2. The monoisotopic (exact) mass is 378 g/mol. The van der Waals surface area contributed by atoms with E-state index in [1.165, 1.54) is 7.11 Å². The van der Waals surface area contributed by atoms with Crippen molar-refractivity contribution in [2.24, 2.45) is 0 Å². The predicted molar refractivity (Wildman–Crippen MR) is 104 cm³/mol. The Labute approximate surface area is 163 Å². The highest BCUT2D eigenvalue weighted by Gasteiger charge is 2.20. The van der Waals surface area contributed by atoms with Crippen LogP contribution in [0.15, 0.2) is 54.6 Å². The summed E-state index contributed by atoms with van der Waals surface area (Å²) in [4.78, 5) is 24.1. The van der Waals surface area contributed by atoms with Crippen LogP contribution in [0.4, 0.5) is 0 Å². The zero-order chi connectivity index (χ0) is 20.1. The molecule has 6 heteroatoms. The van der Waals surface area contributed by atoms with Crippen LogP contribution >= 0.6 is 0 Å². The fourth-order valence-electron chi connectivity index (χ4n) is 2.98. The first-order valence-electron chi connectivity index (χ1n) is 8.92. The summed E-state index contributed by atoms with van der Waals surface area (Å²) in [6.07, 6.45) is 0. The van der Waals surface area contributed by atoms with Gasteiger partial charge in [-0.1, -0.05) is 42.5 Å². The number of aryl methyl sites for hydroxylation is 1. The molecule has 0 atom stereocenters. The van der Waals surface area contributed by atoms with Gasteiger partial charge >= 0.3 is 11.9 Å². The summed E-state index contributed by atoms with van der Waals surface area (Å²) in [6.45, 7) is 4.37. The maximum atomic E-state index is 12.6. The summed E-state index contributed by atoms with van der Waals surface area (Å²) in [6, 6.07) is 16.7. The molecule has 6 nitrogen and oxygen atoms in total. The molecule has 3 rings (SSSR count). The summed E-state index contributed by atoms with van der Waals surface area (Å²) in [5, 5.41) is 4.49. The van der Waals surface area contributed by atoms with Crippen molar-refractivity contribution in [2.45, 2.75) is 27.0 Å². The summed E-state index contributed by atoms with van der Waals surface area (Å²) < 4.78 is 11.9. The molecular weight excluding hydrogens is 356 g/mol. The lowest BCUT2D eigenvalue weighted by atomic mass is 10.1. The SMILES string of the molecule is COC(=O)c1ccc(COC(=O)c2c(C)nn(Cc3ccccc3)c2C)cc1. The van der Waals surface area contributed by atoms with E-state index in [1.54, 1.807) is 31.2 Å². The quantitative estimate of drug-likeness (QED) is 0.612. The van der Waals surface area contributed by atoms with Gasteiger partial charge in [0.15, 0.2) is 0 Å². The zero-order valence-electron chi connectivity index (χ0n) is 16.1. The van der Waals surface area contributed by atoms with Gasteiger partial charge < -0.3 is 9.47 Å². The van der Waals surface area contributed by atoms with Crippen LogP contribution in [-0.4, -0.2) is 28.8 Å². The number of carbonyl (C=O) groups excluding carboxylic acids is 2. The van der Waals surface area contributed by atoms with Crippen LogP contribution in [0.1, 0.15) is 43.2 Å². The average Bonchev–Trinajstić information content (AvgIpc) is 2.99. The van der Waals surface area contributed by atoms with Gasteiger partial charge in [0.25, 0.3) is 0 Å². The number of aromatic nitrogens is 2. The topological polar surface area (TPSA) is 70.4 Å². The highest BCUT2D eigenvalue weighted by atomic mass is 16.5. The first-order valence-corrected chi connectivity index (χ1v) is 8.92. The molecule has 0 aliphatic heterocycles. The molecule has 0 fully saturated rings. The molecule has 0 bridgehead atoms. The van der Waals surface area contributed by atoms with Crippen molar-refractivity contribution < 1.29 is 19.1 Å². The maximum absolute atomic E-state index is 12.6. The van der Waals surface area contributed by atoms with Crippen LogP contribution in [0.2, 0.25) is 0 Å². The number of esters is 2. The molecule has 0 spiro atoms. The third-order valence-corrected chi connectivity index (χ3v) is 4.51. The van der Waals surface area contributed by atoms with Crippen molar-refractivity contribution in [3.05, 3.63) is 88.2 Å². The number of methoxy groups -OCH3 is 1. The van der Waals surface area contributed by atoms with Gasteiger partial charge in [-0.3, -0.25) is 4.68 Å². The summed E-state index contributed by atoms with van der Waals surface area (Å²) in [5.74, 6) is -0.813. The van der Waals surface area contributed by atoms with Gasteiger partial charge in [-0.15, -0.1) is 0 Å². The Kier molecular flexibility index (Phi) is 5.89. The standard InChI is InChI=1S/C22H22N2O4/c1-15-20(16(2)24(23-15)13-17-7-5-4-6-8-17)22(26)28-14-18-9-11-19(12-10-18)21(25)27-3/h4-12H,13-14H2,1-3H3. The summed E-state index contributed by atoms with van der Waals surface area (Å²) >= 11 is 0. The molecule has 28 heavy (non-hydrogen) atoms. The first kappa shape index (κ1) is 19.4. The van der Waals surface area contributed by atoms with Crippen LogP contribution in [0.3, 0.4) is 0 Å². The largest absolute Gasteiger partial charge is 0.465 e. The Morgan fingerprint density at radius 3 is 2.25 bits per heavy atom. The van der Waals surface area contributed by atoms with Gasteiger partial charge in [0.2, 0.25) is 0 Å². The molecule has 0 amide bonds. The van der Waals surface area contributed by atoms with Gasteiger partial charge in [-0.2, -0.15) is 5.10 Å². The Balaban J connectivity index is 1.68. The second-order valence-corrected chi connectivity index (χ2v) is 6.45. The minimum atomic E-state index is -0.411. The highest BCUT2D eigenvalue weighted by Crippen LogP contribution is 2.17. The Bertz CT molecular complexity index is 976. The zero-order valence-corrected chi connectivity index (χ0v) is 16.1. The van der Waals surface area contributed by atoms with Crippen LogP contribution in [0, 0.1) is 13.8 Å². The van der Waals surface area contributed by atoms with Gasteiger partial charge in [0.05, 0.1) is 30.6 Å². The second-order valence-electron chi connectivity index (χ2n) is 6.45. The van der Waals surface area contributed by atoms with Gasteiger partial charge in [-0.05, 0) is 37.1 Å². The molecule has 0 saturated heterocycles. The van der Waals surface area contributed by atoms with Crippen LogP contribution < -0.4 is 0 Å². The first-order chi connectivity index (χ1) is 13.5. The van der Waals surface area contributed by atoms with Crippen LogP contribution in [0.5, 0.6) is 0 Å². The third kappa shape index (κ3) is 4.28. The molecular formula is C22H22N2O4. The number of ether oxygens (including phenoxy) is 2. The normalized spacial score (nSPS) is 10.5. The fourth-order valence-corrected chi connectivity index (χ4v) is 2.98. The lowest BCUT2D eigenvalue weighted by Crippen LogP contribution is -2.09. The molecule has 2 aromatic carbocycles. The van der Waals surface area contributed by atoms with E-state index in [0.717, 1.165) is 16.8 Å². The Hall–Kier alpha value is -3.41. The van der Waals surface area contributed by atoms with Gasteiger partial charge in [-0.25, -0.2) is 9.59 Å². The molecule has 0 saturated carbocycles. The summed E-state index contributed by atoms with van der Waals surface area (Å²) in [5.41, 5.74) is 4.24. The average molecular weight is 378 g/mol. The third-order valence-electron chi connectivity index (χ3n) is 4.51. The van der Waals surface area contributed by atoms with Gasteiger partial charge in [0, 0.05) is 0 Å². The van der Waals surface area contributed by atoms with Crippen LogP contribution in [-0.2, 0) is 22.6 Å². The van der Waals surface area contributed by atoms with E-state index in [-0.39, 0.29) is 6.61 Å². The van der Waals surface area contributed by atoms with E-state index in [4.69, 9.17) is 4.74 Å². The lowest BCUT2D eigenvalue weighted by Gasteiger charge is -2.07.